The molecule has 180 valence electrons. The molecule has 0 spiro atoms. The van der Waals surface area contributed by atoms with Crippen LogP contribution in [0.25, 0.3) is 6.08 Å². The lowest BCUT2D eigenvalue weighted by molar-refractivity contribution is -0.139. The maximum Gasteiger partial charge on any atom is 0.333 e. The summed E-state index contributed by atoms with van der Waals surface area (Å²) in [4.78, 5) is 38.0. The van der Waals surface area contributed by atoms with Crippen molar-refractivity contribution in [2.45, 2.75) is 64.7 Å². The molecule has 0 bridgehead atoms. The molecule has 0 saturated heterocycles. The Morgan fingerprint density at radius 3 is 1.91 bits per heavy atom. The van der Waals surface area contributed by atoms with Crippen molar-refractivity contribution in [2.75, 3.05) is 13.2 Å². The second-order valence-corrected chi connectivity index (χ2v) is 8.88. The lowest BCUT2D eigenvalue weighted by Crippen LogP contribution is -2.20. The highest BCUT2D eigenvalue weighted by Gasteiger charge is 2.29. The molecule has 0 heterocycles. The number of aliphatic hydroxyl groups excluding tert-OH is 1. The molecule has 2 aromatic rings. The van der Waals surface area contributed by atoms with Crippen LogP contribution in [0.1, 0.15) is 102 Å². The van der Waals surface area contributed by atoms with Crippen molar-refractivity contribution in [1.82, 2.24) is 0 Å². The van der Waals surface area contributed by atoms with E-state index in [4.69, 9.17) is 9.84 Å². The number of ether oxygens (including phenoxy) is 1. The second-order valence-electron chi connectivity index (χ2n) is 8.88. The number of benzene rings is 2. The summed E-state index contributed by atoms with van der Waals surface area (Å²) < 4.78 is 5.39. The number of hydrogen-bond acceptors (Lipinski definition) is 5. The van der Waals surface area contributed by atoms with Crippen molar-refractivity contribution in [3.05, 3.63) is 75.9 Å². The number of esters is 1. The van der Waals surface area contributed by atoms with Crippen molar-refractivity contribution in [2.24, 2.45) is 0 Å². The molecule has 0 fully saturated rings. The molecule has 5 nitrogen and oxygen atoms in total. The SMILES string of the molecule is CC(=Cc1ccc2c(c1)C(=O)c1ccccc1C2=O)C(=O)OCCCCCCCCCCCO. The molecule has 0 radical (unpaired) electrons. The molecule has 0 aliphatic heterocycles. The minimum absolute atomic E-state index is 0.154. The van der Waals surface area contributed by atoms with Gasteiger partial charge in [-0.05, 0) is 43.5 Å². The lowest BCUT2D eigenvalue weighted by atomic mass is 9.83. The lowest BCUT2D eigenvalue weighted by Gasteiger charge is -2.17. The van der Waals surface area contributed by atoms with Gasteiger partial charge in [-0.2, -0.15) is 0 Å². The van der Waals surface area contributed by atoms with Gasteiger partial charge < -0.3 is 9.84 Å². The van der Waals surface area contributed by atoms with Crippen LogP contribution in [0.15, 0.2) is 48.0 Å². The molecule has 1 aliphatic rings. The molecule has 0 unspecified atom stereocenters. The van der Waals surface area contributed by atoms with E-state index in [9.17, 15) is 14.4 Å². The zero-order chi connectivity index (χ0) is 24.3. The summed E-state index contributed by atoms with van der Waals surface area (Å²) in [6.45, 7) is 2.38. The van der Waals surface area contributed by atoms with E-state index in [-0.39, 0.29) is 24.1 Å². The number of carbonyl (C=O) groups excluding carboxylic acids is 3. The van der Waals surface area contributed by atoms with Gasteiger partial charge in [0.2, 0.25) is 0 Å². The maximum atomic E-state index is 12.9. The Hall–Kier alpha value is -3.05. The Bertz CT molecular complexity index is 1050. The summed E-state index contributed by atoms with van der Waals surface area (Å²) in [5, 5.41) is 8.76. The van der Waals surface area contributed by atoms with Crippen LogP contribution in [0.4, 0.5) is 0 Å². The van der Waals surface area contributed by atoms with Gasteiger partial charge in [0.05, 0.1) is 6.61 Å². The molecule has 2 aromatic carbocycles. The summed E-state index contributed by atoms with van der Waals surface area (Å²) >= 11 is 0. The van der Waals surface area contributed by atoms with E-state index in [0.717, 1.165) is 32.1 Å². The fourth-order valence-electron chi connectivity index (χ4n) is 4.25. The summed E-state index contributed by atoms with van der Waals surface area (Å²) in [5.74, 6) is -0.696. The van der Waals surface area contributed by atoms with Crippen LogP contribution in [0.5, 0.6) is 0 Å². The first-order valence-electron chi connectivity index (χ1n) is 12.3. The van der Waals surface area contributed by atoms with Crippen LogP contribution in [0.3, 0.4) is 0 Å². The van der Waals surface area contributed by atoms with E-state index < -0.39 is 0 Å². The maximum absolute atomic E-state index is 12.9. The zero-order valence-electron chi connectivity index (χ0n) is 20.0. The Morgan fingerprint density at radius 1 is 0.765 bits per heavy atom. The molecule has 0 atom stereocenters. The van der Waals surface area contributed by atoms with Gasteiger partial charge in [-0.25, -0.2) is 4.79 Å². The van der Waals surface area contributed by atoms with Gasteiger partial charge in [0.15, 0.2) is 11.6 Å². The van der Waals surface area contributed by atoms with Crippen LogP contribution >= 0.6 is 0 Å². The van der Waals surface area contributed by atoms with Crippen molar-refractivity contribution in [1.29, 1.82) is 0 Å². The van der Waals surface area contributed by atoms with Crippen LogP contribution in [0.2, 0.25) is 0 Å². The predicted octanol–water partition coefficient (Wildman–Crippen LogP) is 5.91. The number of hydrogen-bond donors (Lipinski definition) is 1. The topological polar surface area (TPSA) is 80.7 Å². The number of unbranched alkanes of at least 4 members (excludes halogenated alkanes) is 8. The number of carbonyl (C=O) groups is 3. The smallest absolute Gasteiger partial charge is 0.333 e. The minimum atomic E-state index is -0.366. The van der Waals surface area contributed by atoms with Gasteiger partial charge in [0.1, 0.15) is 0 Å². The van der Waals surface area contributed by atoms with Crippen LogP contribution in [0, 0.1) is 0 Å². The fraction of sp³-hybridized carbons (Fsp3) is 0.414. The molecule has 1 N–H and O–H groups in total. The standard InChI is InChI=1S/C29H34O5/c1-21(29(33)34-18-12-8-6-4-2-3-5-7-11-17-30)19-22-15-16-25-26(20-22)28(32)24-14-10-9-13-23(24)27(25)31/h9-10,13-16,19-20,30H,2-8,11-12,17-18H2,1H3. The average Bonchev–Trinajstić information content (AvgIpc) is 2.85. The van der Waals surface area contributed by atoms with Gasteiger partial charge >= 0.3 is 5.97 Å². The van der Waals surface area contributed by atoms with Crippen LogP contribution < -0.4 is 0 Å². The van der Waals surface area contributed by atoms with Gasteiger partial charge in [-0.15, -0.1) is 0 Å². The number of ketones is 2. The van der Waals surface area contributed by atoms with Gasteiger partial charge in [0, 0.05) is 34.4 Å². The minimum Gasteiger partial charge on any atom is -0.462 e. The molecule has 1 aliphatic carbocycles. The quantitative estimate of drug-likeness (QED) is 0.194. The molecule has 0 aromatic heterocycles. The first kappa shape index (κ1) is 25.6. The Morgan fingerprint density at radius 2 is 1.29 bits per heavy atom. The third-order valence-electron chi connectivity index (χ3n) is 6.19. The third-order valence-corrected chi connectivity index (χ3v) is 6.19. The highest BCUT2D eigenvalue weighted by molar-refractivity contribution is 6.28. The van der Waals surface area contributed by atoms with Gasteiger partial charge in [-0.3, -0.25) is 9.59 Å². The fourth-order valence-corrected chi connectivity index (χ4v) is 4.25. The predicted molar refractivity (Wildman–Crippen MR) is 133 cm³/mol. The average molecular weight is 463 g/mol. The molecule has 0 amide bonds. The van der Waals surface area contributed by atoms with E-state index in [2.05, 4.69) is 0 Å². The van der Waals surface area contributed by atoms with E-state index in [1.807, 2.05) is 0 Å². The van der Waals surface area contributed by atoms with Crippen molar-refractivity contribution in [3.8, 4) is 0 Å². The number of fused-ring (bicyclic) bond motifs is 2. The molecule has 5 heteroatoms. The number of rotatable bonds is 13. The van der Waals surface area contributed by atoms with Crippen LogP contribution in [-0.4, -0.2) is 35.9 Å². The number of aliphatic hydroxyl groups is 1. The normalized spacial score (nSPS) is 12.9. The molecular formula is C29H34O5. The Kier molecular flexibility index (Phi) is 9.77. The molecule has 34 heavy (non-hydrogen) atoms. The van der Waals surface area contributed by atoms with Gasteiger partial charge in [-0.1, -0.05) is 75.3 Å². The van der Waals surface area contributed by atoms with Gasteiger partial charge in [0.25, 0.3) is 0 Å². The summed E-state index contributed by atoms with van der Waals surface area (Å²) in [6, 6.07) is 11.9. The summed E-state index contributed by atoms with van der Waals surface area (Å²) in [7, 11) is 0. The first-order chi connectivity index (χ1) is 16.5. The van der Waals surface area contributed by atoms with E-state index in [1.165, 1.54) is 25.7 Å². The van der Waals surface area contributed by atoms with Crippen LogP contribution in [-0.2, 0) is 9.53 Å². The van der Waals surface area contributed by atoms with Crippen molar-refractivity contribution in [3.63, 3.8) is 0 Å². The van der Waals surface area contributed by atoms with Crippen molar-refractivity contribution >= 4 is 23.6 Å². The monoisotopic (exact) mass is 462 g/mol. The summed E-state index contributed by atoms with van der Waals surface area (Å²) in [6.07, 6.45) is 11.5. The zero-order valence-corrected chi connectivity index (χ0v) is 20.0. The van der Waals surface area contributed by atoms with E-state index in [0.29, 0.717) is 40.0 Å². The van der Waals surface area contributed by atoms with E-state index >= 15 is 0 Å². The second kappa shape index (κ2) is 13.0. The highest BCUT2D eigenvalue weighted by atomic mass is 16.5. The molecule has 3 rings (SSSR count). The highest BCUT2D eigenvalue weighted by Crippen LogP contribution is 2.28. The Balaban J connectivity index is 1.45. The summed E-state index contributed by atoms with van der Waals surface area (Å²) in [5.41, 5.74) is 2.75. The van der Waals surface area contributed by atoms with Crippen molar-refractivity contribution < 1.29 is 24.2 Å². The van der Waals surface area contributed by atoms with E-state index in [1.54, 1.807) is 55.5 Å². The largest absolute Gasteiger partial charge is 0.462 e. The molecule has 0 saturated carbocycles. The Labute approximate surface area is 201 Å². The first-order valence-corrected chi connectivity index (χ1v) is 12.3. The molecular weight excluding hydrogens is 428 g/mol. The third kappa shape index (κ3) is 6.73.